The van der Waals surface area contributed by atoms with Gasteiger partial charge in [-0.2, -0.15) is 0 Å². The van der Waals surface area contributed by atoms with Crippen LogP contribution in [0, 0.1) is 17.8 Å². The van der Waals surface area contributed by atoms with Crippen LogP contribution < -0.4 is 5.32 Å². The fraction of sp³-hybridized carbons (Fsp3) is 0.667. The summed E-state index contributed by atoms with van der Waals surface area (Å²) in [5.74, 6) is 2.50. The van der Waals surface area contributed by atoms with Gasteiger partial charge in [-0.25, -0.2) is 0 Å². The molecule has 0 amide bonds. The summed E-state index contributed by atoms with van der Waals surface area (Å²) in [7, 11) is 0. The van der Waals surface area contributed by atoms with E-state index in [1.807, 2.05) is 12.1 Å². The van der Waals surface area contributed by atoms with Gasteiger partial charge < -0.3 is 5.32 Å². The lowest BCUT2D eigenvalue weighted by Crippen LogP contribution is -2.41. The normalized spacial score (nSPS) is 28.3. The van der Waals surface area contributed by atoms with Gasteiger partial charge in [0, 0.05) is 11.1 Å². The molecule has 1 aliphatic rings. The number of hydrogen-bond acceptors (Lipinski definition) is 1. The molecule has 0 aliphatic heterocycles. The van der Waals surface area contributed by atoms with E-state index in [1.54, 1.807) is 0 Å². The van der Waals surface area contributed by atoms with E-state index in [0.717, 1.165) is 35.7 Å². The van der Waals surface area contributed by atoms with Crippen LogP contribution in [-0.4, -0.2) is 12.6 Å². The molecule has 3 unspecified atom stereocenters. The van der Waals surface area contributed by atoms with Gasteiger partial charge in [-0.1, -0.05) is 50.6 Å². The smallest absolute Gasteiger partial charge is 0.0438 e. The standard InChI is InChI=1S/C18H28ClN/c1-4-20-18(12-15-7-5-6-8-17(15)19)16-10-13(2)9-14(3)11-16/h5-8,13-14,16,18,20H,4,9-12H2,1-3H3. The quantitative estimate of drug-likeness (QED) is 0.811. The molecule has 2 heteroatoms. The highest BCUT2D eigenvalue weighted by Gasteiger charge is 2.29. The van der Waals surface area contributed by atoms with Crippen LogP contribution in [0.2, 0.25) is 5.02 Å². The summed E-state index contributed by atoms with van der Waals surface area (Å²) < 4.78 is 0. The molecule has 3 atom stereocenters. The fourth-order valence-electron chi connectivity index (χ4n) is 3.91. The highest BCUT2D eigenvalue weighted by Crippen LogP contribution is 2.36. The van der Waals surface area contributed by atoms with E-state index in [9.17, 15) is 0 Å². The number of rotatable bonds is 5. The van der Waals surface area contributed by atoms with Crippen molar-refractivity contribution in [3.05, 3.63) is 34.9 Å². The number of benzene rings is 1. The van der Waals surface area contributed by atoms with E-state index in [-0.39, 0.29) is 0 Å². The van der Waals surface area contributed by atoms with Gasteiger partial charge in [-0.3, -0.25) is 0 Å². The SMILES string of the molecule is CCNC(Cc1ccccc1Cl)C1CC(C)CC(C)C1. The van der Waals surface area contributed by atoms with Gasteiger partial charge >= 0.3 is 0 Å². The zero-order valence-electron chi connectivity index (χ0n) is 13.0. The minimum atomic E-state index is 0.560. The zero-order chi connectivity index (χ0) is 14.5. The molecule has 0 spiro atoms. The number of halogens is 1. The summed E-state index contributed by atoms with van der Waals surface area (Å²) in [5.41, 5.74) is 1.28. The molecule has 0 saturated heterocycles. The molecular formula is C18H28ClN. The average Bonchev–Trinajstić information content (AvgIpc) is 2.39. The van der Waals surface area contributed by atoms with Crippen molar-refractivity contribution in [2.24, 2.45) is 17.8 Å². The Kier molecular flexibility index (Phi) is 5.92. The summed E-state index contributed by atoms with van der Waals surface area (Å²) in [5, 5.41) is 4.62. The van der Waals surface area contributed by atoms with Gasteiger partial charge in [0.1, 0.15) is 0 Å². The van der Waals surface area contributed by atoms with Crippen molar-refractivity contribution in [3.8, 4) is 0 Å². The predicted molar refractivity (Wildman–Crippen MR) is 88.3 cm³/mol. The summed E-state index contributed by atoms with van der Waals surface area (Å²) in [4.78, 5) is 0. The van der Waals surface area contributed by atoms with E-state index in [0.29, 0.717) is 6.04 Å². The van der Waals surface area contributed by atoms with Crippen LogP contribution >= 0.6 is 11.6 Å². The summed E-state index contributed by atoms with van der Waals surface area (Å²) >= 11 is 6.34. The first kappa shape index (κ1) is 15.9. The van der Waals surface area contributed by atoms with Crippen molar-refractivity contribution in [2.45, 2.75) is 52.5 Å². The molecule has 112 valence electrons. The van der Waals surface area contributed by atoms with Gasteiger partial charge in [0.15, 0.2) is 0 Å². The highest BCUT2D eigenvalue weighted by atomic mass is 35.5. The monoisotopic (exact) mass is 293 g/mol. The first-order valence-corrected chi connectivity index (χ1v) is 8.44. The molecule has 0 aromatic heterocycles. The van der Waals surface area contributed by atoms with Gasteiger partial charge in [-0.05, 0) is 61.6 Å². The van der Waals surface area contributed by atoms with Crippen molar-refractivity contribution >= 4 is 11.6 Å². The highest BCUT2D eigenvalue weighted by molar-refractivity contribution is 6.31. The Balaban J connectivity index is 2.08. The Morgan fingerprint density at radius 2 is 1.80 bits per heavy atom. The van der Waals surface area contributed by atoms with E-state index in [1.165, 1.54) is 24.8 Å². The maximum Gasteiger partial charge on any atom is 0.0438 e. The molecule has 1 aliphatic carbocycles. The molecule has 1 nitrogen and oxygen atoms in total. The molecule has 1 saturated carbocycles. The third-order valence-electron chi connectivity index (χ3n) is 4.65. The average molecular weight is 294 g/mol. The van der Waals surface area contributed by atoms with Crippen LogP contribution in [0.3, 0.4) is 0 Å². The molecule has 0 radical (unpaired) electrons. The molecule has 1 aromatic rings. The molecule has 1 aromatic carbocycles. The maximum absolute atomic E-state index is 6.34. The Bertz CT molecular complexity index is 408. The molecular weight excluding hydrogens is 266 g/mol. The van der Waals surface area contributed by atoms with Gasteiger partial charge in [0.2, 0.25) is 0 Å². The number of nitrogens with one attached hydrogen (secondary N) is 1. The van der Waals surface area contributed by atoms with Crippen molar-refractivity contribution in [1.29, 1.82) is 0 Å². The second-order valence-corrected chi connectivity index (χ2v) is 7.04. The van der Waals surface area contributed by atoms with E-state index < -0.39 is 0 Å². The second kappa shape index (κ2) is 7.47. The van der Waals surface area contributed by atoms with Crippen molar-refractivity contribution in [1.82, 2.24) is 5.32 Å². The topological polar surface area (TPSA) is 12.0 Å². The lowest BCUT2D eigenvalue weighted by Gasteiger charge is -2.37. The molecule has 0 heterocycles. The van der Waals surface area contributed by atoms with E-state index in [2.05, 4.69) is 38.2 Å². The van der Waals surface area contributed by atoms with Crippen LogP contribution in [-0.2, 0) is 6.42 Å². The third kappa shape index (κ3) is 4.23. The molecule has 0 bridgehead atoms. The van der Waals surface area contributed by atoms with Crippen LogP contribution in [0.25, 0.3) is 0 Å². The minimum absolute atomic E-state index is 0.560. The first-order valence-electron chi connectivity index (χ1n) is 8.06. The summed E-state index contributed by atoms with van der Waals surface area (Å²) in [6.07, 6.45) is 5.15. The minimum Gasteiger partial charge on any atom is -0.314 e. The largest absolute Gasteiger partial charge is 0.314 e. The lowest BCUT2D eigenvalue weighted by atomic mass is 9.72. The lowest BCUT2D eigenvalue weighted by molar-refractivity contribution is 0.176. The van der Waals surface area contributed by atoms with Crippen LogP contribution in [0.1, 0.15) is 45.6 Å². The Hall–Kier alpha value is -0.530. The fourth-order valence-corrected chi connectivity index (χ4v) is 4.12. The van der Waals surface area contributed by atoms with Crippen LogP contribution in [0.15, 0.2) is 24.3 Å². The van der Waals surface area contributed by atoms with Crippen molar-refractivity contribution in [2.75, 3.05) is 6.54 Å². The van der Waals surface area contributed by atoms with Gasteiger partial charge in [0.25, 0.3) is 0 Å². The Labute approximate surface area is 129 Å². The molecule has 1 N–H and O–H groups in total. The summed E-state index contributed by atoms with van der Waals surface area (Å²) in [6, 6.07) is 8.84. The summed E-state index contributed by atoms with van der Waals surface area (Å²) in [6.45, 7) is 8.05. The molecule has 1 fully saturated rings. The van der Waals surface area contributed by atoms with E-state index in [4.69, 9.17) is 11.6 Å². The van der Waals surface area contributed by atoms with Crippen LogP contribution in [0.5, 0.6) is 0 Å². The van der Waals surface area contributed by atoms with Crippen molar-refractivity contribution in [3.63, 3.8) is 0 Å². The Morgan fingerprint density at radius 3 is 2.40 bits per heavy atom. The molecule has 20 heavy (non-hydrogen) atoms. The zero-order valence-corrected chi connectivity index (χ0v) is 13.8. The van der Waals surface area contributed by atoms with Crippen molar-refractivity contribution < 1.29 is 0 Å². The first-order chi connectivity index (χ1) is 9.60. The van der Waals surface area contributed by atoms with Crippen LogP contribution in [0.4, 0.5) is 0 Å². The third-order valence-corrected chi connectivity index (χ3v) is 5.02. The van der Waals surface area contributed by atoms with E-state index >= 15 is 0 Å². The molecule has 2 rings (SSSR count). The van der Waals surface area contributed by atoms with Gasteiger partial charge in [0.05, 0.1) is 0 Å². The Morgan fingerprint density at radius 1 is 1.15 bits per heavy atom. The second-order valence-electron chi connectivity index (χ2n) is 6.64. The predicted octanol–water partition coefficient (Wildman–Crippen LogP) is 4.93. The number of likely N-dealkylation sites (N-methyl/N-ethyl adjacent to an activating group) is 1. The maximum atomic E-state index is 6.34. The van der Waals surface area contributed by atoms with Gasteiger partial charge in [-0.15, -0.1) is 0 Å². The number of hydrogen-bond donors (Lipinski definition) is 1.